The van der Waals surface area contributed by atoms with Crippen LogP contribution in [0.4, 0.5) is 0 Å². The van der Waals surface area contributed by atoms with E-state index < -0.39 is 11.9 Å². The van der Waals surface area contributed by atoms with Crippen LogP contribution in [-0.2, 0) is 32.2 Å². The lowest BCUT2D eigenvalue weighted by atomic mass is 9.76. The van der Waals surface area contributed by atoms with Gasteiger partial charge in [0.05, 0.1) is 19.2 Å². The van der Waals surface area contributed by atoms with Crippen LogP contribution in [0, 0.1) is 0 Å². The Bertz CT molecular complexity index is 1300. The Balaban J connectivity index is 1.33. The predicted molar refractivity (Wildman–Crippen MR) is 143 cm³/mol. The van der Waals surface area contributed by atoms with E-state index in [4.69, 9.17) is 9.47 Å². The molecule has 0 aliphatic carbocycles. The maximum atomic E-state index is 13.1. The molecule has 188 valence electrons. The van der Waals surface area contributed by atoms with E-state index in [-0.39, 0.29) is 43.3 Å². The Kier molecular flexibility index (Phi) is 6.85. The van der Waals surface area contributed by atoms with Gasteiger partial charge in [0, 0.05) is 30.6 Å². The highest BCUT2D eigenvalue weighted by Crippen LogP contribution is 2.35. The normalized spacial score (nSPS) is 20.6. The molecule has 37 heavy (non-hydrogen) atoms. The van der Waals surface area contributed by atoms with Crippen molar-refractivity contribution in [3.63, 3.8) is 0 Å². The number of imide groups is 1. The summed E-state index contributed by atoms with van der Waals surface area (Å²) in [7, 11) is 6.04. The molecule has 2 aromatic carbocycles. The number of carbonyl (C=O) groups is 4. The van der Waals surface area contributed by atoms with E-state index in [0.717, 1.165) is 27.6 Å². The van der Waals surface area contributed by atoms with Gasteiger partial charge in [-0.2, -0.15) is 0 Å². The van der Waals surface area contributed by atoms with Crippen molar-refractivity contribution in [2.24, 2.45) is 0 Å². The van der Waals surface area contributed by atoms with Crippen LogP contribution >= 0.6 is 0 Å². The van der Waals surface area contributed by atoms with Crippen molar-refractivity contribution in [3.8, 4) is 5.75 Å². The van der Waals surface area contributed by atoms with E-state index in [2.05, 4.69) is 17.4 Å². The van der Waals surface area contributed by atoms with Crippen LogP contribution in [0.1, 0.15) is 45.9 Å². The molecule has 1 N–H and O–H groups in total. The van der Waals surface area contributed by atoms with Gasteiger partial charge in [0.25, 0.3) is 5.91 Å². The van der Waals surface area contributed by atoms with Gasteiger partial charge < -0.3 is 19.3 Å². The van der Waals surface area contributed by atoms with E-state index in [1.165, 1.54) is 4.90 Å². The number of hydrogen-bond acceptors (Lipinski definition) is 6. The molecule has 9 nitrogen and oxygen atoms in total. The minimum Gasteiger partial charge on any atom is -0.495 e. The first-order valence-electron chi connectivity index (χ1n) is 12.6. The second-order valence-corrected chi connectivity index (χ2v) is 9.95. The Morgan fingerprint density at radius 1 is 1.14 bits per heavy atom. The molecule has 0 bridgehead atoms. The number of benzene rings is 2. The van der Waals surface area contributed by atoms with Crippen LogP contribution in [0.15, 0.2) is 30.3 Å². The lowest BCUT2D eigenvalue weighted by Gasteiger charge is -2.29. The highest BCUT2D eigenvalue weighted by Gasteiger charge is 2.40. The van der Waals surface area contributed by atoms with E-state index >= 15 is 0 Å². The highest BCUT2D eigenvalue weighted by molar-refractivity contribution is 6.37. The summed E-state index contributed by atoms with van der Waals surface area (Å²) < 4.78 is 11.6. The van der Waals surface area contributed by atoms with Gasteiger partial charge in [-0.1, -0.05) is 29.1 Å². The van der Waals surface area contributed by atoms with Crippen molar-refractivity contribution in [1.82, 2.24) is 15.1 Å². The summed E-state index contributed by atoms with van der Waals surface area (Å²) >= 11 is 0. The van der Waals surface area contributed by atoms with Crippen LogP contribution in [-0.4, -0.2) is 82.8 Å². The van der Waals surface area contributed by atoms with Crippen LogP contribution in [0.5, 0.6) is 5.75 Å². The summed E-state index contributed by atoms with van der Waals surface area (Å²) in [4.78, 5) is 52.6. The van der Waals surface area contributed by atoms with E-state index in [0.29, 0.717) is 37.4 Å². The molecule has 2 atom stereocenters. The molecule has 0 spiro atoms. The quantitative estimate of drug-likeness (QED) is 0.337. The fourth-order valence-electron chi connectivity index (χ4n) is 5.35. The zero-order chi connectivity index (χ0) is 26.3. The molecule has 2 aromatic rings. The first-order chi connectivity index (χ1) is 17.7. The number of carbonyl (C=O) groups excluding carboxylic acids is 4. The van der Waals surface area contributed by atoms with Crippen LogP contribution in [0.25, 0.3) is 0 Å². The minimum absolute atomic E-state index is 0.00270. The molecular formula is C25H28B3N3O6. The molecule has 2 unspecified atom stereocenters. The summed E-state index contributed by atoms with van der Waals surface area (Å²) in [6.45, 7) is 2.08. The number of nitrogens with one attached hydrogen (secondary N) is 1. The van der Waals surface area contributed by atoms with Crippen molar-refractivity contribution in [2.45, 2.75) is 38.0 Å². The highest BCUT2D eigenvalue weighted by atomic mass is 16.5. The summed E-state index contributed by atoms with van der Waals surface area (Å²) in [5.41, 5.74) is 5.53. The number of morpholine rings is 1. The molecule has 0 radical (unpaired) electrons. The van der Waals surface area contributed by atoms with E-state index in [1.807, 2.05) is 34.5 Å². The third kappa shape index (κ3) is 4.90. The number of fused-ring (bicyclic) bond motifs is 1. The fraction of sp³-hybridized carbons (Fsp3) is 0.360. The molecule has 3 heterocycles. The molecule has 5 rings (SSSR count). The second-order valence-electron chi connectivity index (χ2n) is 9.95. The van der Waals surface area contributed by atoms with Crippen molar-refractivity contribution < 1.29 is 28.7 Å². The second kappa shape index (κ2) is 10.1. The van der Waals surface area contributed by atoms with E-state index in [1.54, 1.807) is 12.1 Å². The van der Waals surface area contributed by atoms with Crippen molar-refractivity contribution in [3.05, 3.63) is 52.6 Å². The van der Waals surface area contributed by atoms with E-state index in [9.17, 15) is 19.2 Å². The van der Waals surface area contributed by atoms with Crippen molar-refractivity contribution in [1.29, 1.82) is 0 Å². The average molecular weight is 499 g/mol. The Hall–Kier alpha value is -3.53. The standard InChI is InChI=1S/C25H28B3N3O6/c26-17-9-15(18(27)8-13(17)10-30-6-7-36-12-22(30)33)23(28)37-20-3-1-2-14-16(20)11-31(25(14)35)19-4-5-21(32)29-24(19)34/h1-3,8-9,19,23H,4-7,10-12,26-28H2,(H,29,32,34). The van der Waals surface area contributed by atoms with Crippen molar-refractivity contribution >= 4 is 58.1 Å². The molecule has 0 aromatic heterocycles. The largest absolute Gasteiger partial charge is 0.495 e. The van der Waals surface area contributed by atoms with Gasteiger partial charge in [-0.3, -0.25) is 24.5 Å². The number of nitrogens with zero attached hydrogens (tertiary/aromatic N) is 2. The monoisotopic (exact) mass is 499 g/mol. The molecule has 2 saturated heterocycles. The first-order valence-corrected chi connectivity index (χ1v) is 12.6. The minimum atomic E-state index is -0.668. The number of amides is 4. The smallest absolute Gasteiger partial charge is 0.255 e. The molecular weight excluding hydrogens is 471 g/mol. The summed E-state index contributed by atoms with van der Waals surface area (Å²) in [5.74, 6) is -0.359. The Labute approximate surface area is 218 Å². The predicted octanol–water partition coefficient (Wildman–Crippen LogP) is -2.97. The summed E-state index contributed by atoms with van der Waals surface area (Å²) in [6, 6.07) is 8.63. The van der Waals surface area contributed by atoms with Crippen molar-refractivity contribution in [2.75, 3.05) is 19.8 Å². The summed E-state index contributed by atoms with van der Waals surface area (Å²) in [5, 5.41) is 2.34. The lowest BCUT2D eigenvalue weighted by Crippen LogP contribution is -2.52. The molecule has 12 heteroatoms. The third-order valence-corrected chi connectivity index (χ3v) is 7.45. The van der Waals surface area contributed by atoms with Crippen LogP contribution < -0.4 is 21.0 Å². The zero-order valence-corrected chi connectivity index (χ0v) is 21.3. The van der Waals surface area contributed by atoms with Gasteiger partial charge in [0.1, 0.15) is 34.1 Å². The summed E-state index contributed by atoms with van der Waals surface area (Å²) in [6.07, 6.45) is 0.531. The molecule has 3 aliphatic rings. The Morgan fingerprint density at radius 3 is 2.70 bits per heavy atom. The maximum Gasteiger partial charge on any atom is 0.255 e. The Morgan fingerprint density at radius 2 is 1.95 bits per heavy atom. The average Bonchev–Trinajstić information content (AvgIpc) is 3.19. The molecule has 3 aliphatic heterocycles. The molecule has 0 saturated carbocycles. The fourth-order valence-corrected chi connectivity index (χ4v) is 5.35. The lowest BCUT2D eigenvalue weighted by molar-refractivity contribution is -0.143. The number of rotatable bonds is 6. The van der Waals surface area contributed by atoms with Gasteiger partial charge in [-0.15, -0.1) is 0 Å². The first kappa shape index (κ1) is 25.1. The number of ether oxygens (including phenoxy) is 2. The van der Waals surface area contributed by atoms with Gasteiger partial charge >= 0.3 is 0 Å². The SMILES string of the molecule is Bc1cc(C(B)Oc2cccc3c2CN(C2CCC(=O)NC2=O)C3=O)c(B)cc1CN1CCOCC1=O. The number of hydrogen-bond donors (Lipinski definition) is 1. The molecule has 4 amide bonds. The van der Waals surface area contributed by atoms with Crippen LogP contribution in [0.3, 0.4) is 0 Å². The topological polar surface area (TPSA) is 105 Å². The van der Waals surface area contributed by atoms with Crippen LogP contribution in [0.2, 0.25) is 0 Å². The zero-order valence-electron chi connectivity index (χ0n) is 21.3. The van der Waals surface area contributed by atoms with Gasteiger partial charge in [-0.25, -0.2) is 0 Å². The number of piperidine rings is 1. The maximum absolute atomic E-state index is 13.1. The van der Waals surface area contributed by atoms with Gasteiger partial charge in [-0.05, 0) is 29.7 Å². The van der Waals surface area contributed by atoms with Gasteiger partial charge in [0.15, 0.2) is 7.85 Å². The third-order valence-electron chi connectivity index (χ3n) is 7.45. The molecule has 2 fully saturated rings. The van der Waals surface area contributed by atoms with Gasteiger partial charge in [0.2, 0.25) is 17.7 Å².